The Hall–Kier alpha value is -4.52. The van der Waals surface area contributed by atoms with Gasteiger partial charge in [-0.05, 0) is 6.42 Å². The number of carboxylic acids is 1. The number of aromatic nitrogens is 8. The van der Waals surface area contributed by atoms with Crippen molar-refractivity contribution in [1.29, 1.82) is 0 Å². The average molecular weight is 528 g/mol. The van der Waals surface area contributed by atoms with Crippen LogP contribution >= 0.6 is 0 Å². The number of nitrogens with one attached hydrogen (secondary N) is 2. The normalized spacial score (nSPS) is 22.1. The molecule has 0 bridgehead atoms. The van der Waals surface area contributed by atoms with Gasteiger partial charge in [-0.15, -0.1) is 0 Å². The van der Waals surface area contributed by atoms with Crippen LogP contribution in [0.2, 0.25) is 0 Å². The third-order valence-corrected chi connectivity index (χ3v) is 6.16. The van der Waals surface area contributed by atoms with Crippen molar-refractivity contribution in [3.8, 4) is 0 Å². The predicted octanol–water partition coefficient (Wildman–Crippen LogP) is -1.97. The quantitative estimate of drug-likeness (QED) is 0.131. The van der Waals surface area contributed by atoms with E-state index in [-0.39, 0.29) is 36.8 Å². The monoisotopic (exact) mass is 528 g/mol. The van der Waals surface area contributed by atoms with Gasteiger partial charge >= 0.3 is 12.0 Å². The number of aliphatic hydroxyl groups excluding tert-OH is 2. The van der Waals surface area contributed by atoms with Gasteiger partial charge in [0.2, 0.25) is 0 Å². The van der Waals surface area contributed by atoms with Crippen molar-refractivity contribution in [3.05, 3.63) is 25.3 Å². The molecule has 0 aliphatic carbocycles. The van der Waals surface area contributed by atoms with Crippen LogP contribution in [0.1, 0.15) is 12.6 Å². The van der Waals surface area contributed by atoms with E-state index in [0.717, 1.165) is 0 Å². The highest BCUT2D eigenvalue weighted by atomic mass is 16.6. The molecule has 4 aromatic heterocycles. The Balaban J connectivity index is 1.37. The van der Waals surface area contributed by atoms with Crippen LogP contribution in [0.4, 0.5) is 16.4 Å². The fourth-order valence-corrected chi connectivity index (χ4v) is 4.12. The number of H-pyrrole nitrogens is 1. The molecule has 4 aromatic rings. The maximum Gasteiger partial charge on any atom is 0.323 e. The largest absolute Gasteiger partial charge is 0.480 e. The Morgan fingerprint density at radius 1 is 1.16 bits per heavy atom. The van der Waals surface area contributed by atoms with Crippen molar-refractivity contribution in [2.75, 3.05) is 24.1 Å². The molecule has 5 heterocycles. The standard InChI is InChI=1S/C20H24N12O6/c21-8(19(35)36)1-2-31(20(37)30-16-11-15(25-4-23-11)26-6-27-16)3-9-12(33)13(34)18(38-9)32-7-29-10-14(22)24-5-28-17(10)32/h4-9,12-13,18,33-34H,1-3,21H2,(H,35,36)(H2,22,24,28)(H2,23,25,26,27,30,37)/t8-,9+,12+,13+,18+/m0/s1. The number of nitrogens with two attached hydrogens (primary N) is 2. The van der Waals surface area contributed by atoms with Crippen LogP contribution in [0.5, 0.6) is 0 Å². The number of amides is 2. The van der Waals surface area contributed by atoms with Gasteiger partial charge in [0.15, 0.2) is 29.2 Å². The van der Waals surface area contributed by atoms with Crippen molar-refractivity contribution in [2.24, 2.45) is 5.73 Å². The zero-order chi connectivity index (χ0) is 27.0. The van der Waals surface area contributed by atoms with Crippen LogP contribution in [0, 0.1) is 0 Å². The molecule has 1 aliphatic rings. The number of carbonyl (C=O) groups is 2. The number of aliphatic carboxylic acids is 1. The number of carboxylic acid groups (broad SMARTS) is 1. The second kappa shape index (κ2) is 10.1. The molecule has 1 saturated heterocycles. The predicted molar refractivity (Wildman–Crippen MR) is 128 cm³/mol. The van der Waals surface area contributed by atoms with Crippen molar-refractivity contribution < 1.29 is 29.6 Å². The summed E-state index contributed by atoms with van der Waals surface area (Å²) >= 11 is 0. The number of aliphatic hydroxyl groups is 2. The molecule has 1 aliphatic heterocycles. The number of rotatable bonds is 8. The van der Waals surface area contributed by atoms with Crippen molar-refractivity contribution in [3.63, 3.8) is 0 Å². The van der Waals surface area contributed by atoms with Gasteiger partial charge in [0.05, 0.1) is 19.2 Å². The molecule has 18 heteroatoms. The molecule has 0 spiro atoms. The van der Waals surface area contributed by atoms with Crippen molar-refractivity contribution in [1.82, 2.24) is 44.4 Å². The number of aromatic amines is 1. The highest BCUT2D eigenvalue weighted by molar-refractivity contribution is 5.95. The summed E-state index contributed by atoms with van der Waals surface area (Å²) in [4.78, 5) is 52.7. The van der Waals surface area contributed by atoms with Gasteiger partial charge in [0, 0.05) is 6.54 Å². The Morgan fingerprint density at radius 3 is 2.74 bits per heavy atom. The van der Waals surface area contributed by atoms with Crippen LogP contribution < -0.4 is 16.8 Å². The lowest BCUT2D eigenvalue weighted by Crippen LogP contribution is -2.46. The van der Waals surface area contributed by atoms with Crippen LogP contribution in [0.15, 0.2) is 25.3 Å². The first-order valence-corrected chi connectivity index (χ1v) is 11.4. The molecule has 0 saturated carbocycles. The molecule has 1 fully saturated rings. The van der Waals surface area contributed by atoms with Crippen LogP contribution in [-0.4, -0.2) is 109 Å². The summed E-state index contributed by atoms with van der Waals surface area (Å²) in [5.41, 5.74) is 12.7. The summed E-state index contributed by atoms with van der Waals surface area (Å²) in [7, 11) is 0. The summed E-state index contributed by atoms with van der Waals surface area (Å²) in [6.45, 7) is -0.338. The first kappa shape index (κ1) is 25.1. The molecule has 5 rings (SSSR count). The van der Waals surface area contributed by atoms with E-state index >= 15 is 0 Å². The summed E-state index contributed by atoms with van der Waals surface area (Å²) in [5.74, 6) is -0.966. The zero-order valence-electron chi connectivity index (χ0n) is 19.6. The van der Waals surface area contributed by atoms with Crippen molar-refractivity contribution >= 4 is 46.0 Å². The topological polar surface area (TPSA) is 269 Å². The molecule has 18 nitrogen and oxygen atoms in total. The first-order valence-electron chi connectivity index (χ1n) is 11.4. The highest BCUT2D eigenvalue weighted by Gasteiger charge is 2.45. The number of urea groups is 1. The lowest BCUT2D eigenvalue weighted by Gasteiger charge is -2.27. The fraction of sp³-hybridized carbons (Fsp3) is 0.400. The summed E-state index contributed by atoms with van der Waals surface area (Å²) < 4.78 is 7.34. The number of nitrogen functional groups attached to an aromatic ring is 1. The third-order valence-electron chi connectivity index (χ3n) is 6.16. The van der Waals surface area contributed by atoms with Gasteiger partial charge in [-0.2, -0.15) is 0 Å². The summed E-state index contributed by atoms with van der Waals surface area (Å²) in [6.07, 6.45) is 0.0873. The minimum atomic E-state index is -1.42. The van der Waals surface area contributed by atoms with Gasteiger partial charge in [0.1, 0.15) is 48.0 Å². The van der Waals surface area contributed by atoms with E-state index in [9.17, 15) is 24.9 Å². The summed E-state index contributed by atoms with van der Waals surface area (Å²) in [6, 6.07) is -1.92. The van der Waals surface area contributed by atoms with E-state index in [1.54, 1.807) is 0 Å². The van der Waals surface area contributed by atoms with E-state index in [2.05, 4.69) is 40.2 Å². The van der Waals surface area contributed by atoms with E-state index in [1.807, 2.05) is 0 Å². The molecule has 0 radical (unpaired) electrons. The SMILES string of the molecule is Nc1ncnc2c1ncn2[C@@H]1O[C@H](CN(CC[C@H](N)C(=O)O)C(=O)Nc2ncnc3nc[nH]c23)[C@@H](O)[C@H]1O. The van der Waals surface area contributed by atoms with E-state index in [1.165, 1.54) is 34.8 Å². The zero-order valence-corrected chi connectivity index (χ0v) is 19.6. The minimum absolute atomic E-state index is 0.0941. The summed E-state index contributed by atoms with van der Waals surface area (Å²) in [5, 5.41) is 33.3. The lowest BCUT2D eigenvalue weighted by molar-refractivity contribution is -0.138. The van der Waals surface area contributed by atoms with Crippen LogP contribution in [0.25, 0.3) is 22.3 Å². The van der Waals surface area contributed by atoms with Gasteiger partial charge in [-0.25, -0.2) is 34.7 Å². The third kappa shape index (κ3) is 4.63. The second-order valence-electron chi connectivity index (χ2n) is 8.56. The maximum absolute atomic E-state index is 13.2. The second-order valence-corrected chi connectivity index (χ2v) is 8.56. The van der Waals surface area contributed by atoms with Crippen molar-refractivity contribution in [2.45, 2.75) is 37.0 Å². The number of ether oxygens (including phenoxy) is 1. The molecule has 9 N–H and O–H groups in total. The lowest BCUT2D eigenvalue weighted by atomic mass is 10.1. The fourth-order valence-electron chi connectivity index (χ4n) is 4.12. The number of fused-ring (bicyclic) bond motifs is 2. The van der Waals surface area contributed by atoms with Crippen LogP contribution in [-0.2, 0) is 9.53 Å². The van der Waals surface area contributed by atoms with E-state index < -0.39 is 42.6 Å². The Bertz CT molecular complexity index is 1480. The molecule has 5 atom stereocenters. The van der Waals surface area contributed by atoms with Crippen LogP contribution in [0.3, 0.4) is 0 Å². The smallest absolute Gasteiger partial charge is 0.323 e. The molecular weight excluding hydrogens is 504 g/mol. The average Bonchev–Trinajstić information content (AvgIpc) is 3.61. The number of nitrogens with zero attached hydrogens (tertiary/aromatic N) is 8. The highest BCUT2D eigenvalue weighted by Crippen LogP contribution is 2.32. The Labute approximate surface area is 212 Å². The molecule has 0 aromatic carbocycles. The van der Waals surface area contributed by atoms with Gasteiger partial charge in [-0.1, -0.05) is 0 Å². The minimum Gasteiger partial charge on any atom is -0.480 e. The number of hydrogen-bond donors (Lipinski definition) is 7. The molecule has 200 valence electrons. The van der Waals surface area contributed by atoms with E-state index in [4.69, 9.17) is 16.2 Å². The number of anilines is 2. The number of hydrogen-bond acceptors (Lipinski definition) is 13. The van der Waals surface area contributed by atoms with Gasteiger partial charge < -0.3 is 41.4 Å². The van der Waals surface area contributed by atoms with E-state index in [0.29, 0.717) is 16.7 Å². The molecule has 38 heavy (non-hydrogen) atoms. The maximum atomic E-state index is 13.2. The molecule has 0 unspecified atom stereocenters. The van der Waals surface area contributed by atoms with Gasteiger partial charge in [0.25, 0.3) is 0 Å². The number of imidazole rings is 2. The molecule has 2 amide bonds. The first-order chi connectivity index (χ1) is 18.2. The van der Waals surface area contributed by atoms with Gasteiger partial charge in [-0.3, -0.25) is 14.7 Å². The number of carbonyl (C=O) groups excluding carboxylic acids is 1. The Morgan fingerprint density at radius 2 is 1.95 bits per heavy atom. The Kier molecular flexibility index (Phi) is 6.68. The molecular formula is C20H24N12O6.